The molecule has 2 aromatic carbocycles. The molecule has 4 rings (SSSR count). The summed E-state index contributed by atoms with van der Waals surface area (Å²) < 4.78 is 57.1. The molecule has 4 aromatic rings. The first-order valence-corrected chi connectivity index (χ1v) is 11.9. The molecular weight excluding hydrogens is 504 g/mol. The molecule has 2 aromatic heterocycles. The molecule has 0 atom stereocenters. The van der Waals surface area contributed by atoms with Crippen molar-refractivity contribution in [1.82, 2.24) is 14.8 Å². The number of hydrogen-bond acceptors (Lipinski definition) is 5. The van der Waals surface area contributed by atoms with Crippen LogP contribution in [0.25, 0.3) is 10.9 Å². The summed E-state index contributed by atoms with van der Waals surface area (Å²) in [5.41, 5.74) is 1.21. The summed E-state index contributed by atoms with van der Waals surface area (Å²) in [7, 11) is -4.21. The lowest BCUT2D eigenvalue weighted by molar-refractivity contribution is -0.116. The number of benzene rings is 2. The van der Waals surface area contributed by atoms with Gasteiger partial charge in [0.25, 0.3) is 0 Å². The quantitative estimate of drug-likeness (QED) is 0.367. The Morgan fingerprint density at radius 1 is 1.09 bits per heavy atom. The Morgan fingerprint density at radius 3 is 2.62 bits per heavy atom. The molecule has 0 radical (unpaired) electrons. The number of Topliss-reactive ketones (excluding diaryl/α,β-unsaturated/α-hetero) is 1. The second kappa shape index (κ2) is 8.87. The van der Waals surface area contributed by atoms with Crippen LogP contribution in [-0.2, 0) is 27.6 Å². The lowest BCUT2D eigenvalue weighted by Gasteiger charge is -2.06. The molecule has 0 amide bonds. The minimum atomic E-state index is -4.21. The predicted molar refractivity (Wildman–Crippen MR) is 118 cm³/mol. The van der Waals surface area contributed by atoms with E-state index in [1.165, 1.54) is 17.0 Å². The van der Waals surface area contributed by atoms with Crippen LogP contribution in [0.15, 0.2) is 70.3 Å². The smallest absolute Gasteiger partial charge is 0.187 e. The van der Waals surface area contributed by atoms with Gasteiger partial charge in [0, 0.05) is 29.5 Å². The zero-order valence-corrected chi connectivity index (χ0v) is 18.9. The number of halogens is 3. The van der Waals surface area contributed by atoms with E-state index >= 15 is 0 Å². The molecule has 10 heteroatoms. The van der Waals surface area contributed by atoms with Crippen LogP contribution in [-0.4, -0.2) is 34.7 Å². The molecule has 0 aliphatic rings. The van der Waals surface area contributed by atoms with Crippen molar-refractivity contribution in [2.24, 2.45) is 0 Å². The largest absolute Gasteiger partial charge is 0.342 e. The number of rotatable bonds is 7. The highest BCUT2D eigenvalue weighted by molar-refractivity contribution is 9.10. The third kappa shape index (κ3) is 4.76. The van der Waals surface area contributed by atoms with E-state index in [1.54, 1.807) is 18.2 Å². The van der Waals surface area contributed by atoms with Crippen molar-refractivity contribution in [2.75, 3.05) is 5.75 Å². The van der Waals surface area contributed by atoms with Crippen molar-refractivity contribution in [3.8, 4) is 0 Å². The molecule has 0 saturated carbocycles. The van der Waals surface area contributed by atoms with Gasteiger partial charge in [0.1, 0.15) is 17.4 Å². The van der Waals surface area contributed by atoms with Gasteiger partial charge in [-0.1, -0.05) is 28.1 Å². The summed E-state index contributed by atoms with van der Waals surface area (Å²) in [6.07, 6.45) is 2.46. The minimum Gasteiger partial charge on any atom is -0.342 e. The summed E-state index contributed by atoms with van der Waals surface area (Å²) in [5, 5.41) is 7.20. The third-order valence-electron chi connectivity index (χ3n) is 4.80. The number of carbonyl (C=O) groups excluding carboxylic acids is 1. The van der Waals surface area contributed by atoms with Gasteiger partial charge >= 0.3 is 0 Å². The summed E-state index contributed by atoms with van der Waals surface area (Å²) in [6.45, 7) is 0.182. The van der Waals surface area contributed by atoms with Crippen LogP contribution in [0.3, 0.4) is 0 Å². The van der Waals surface area contributed by atoms with E-state index in [2.05, 4.69) is 26.1 Å². The fourth-order valence-electron chi connectivity index (χ4n) is 3.48. The van der Waals surface area contributed by atoms with Crippen LogP contribution < -0.4 is 0 Å². The predicted octanol–water partition coefficient (Wildman–Crippen LogP) is 4.11. The van der Waals surface area contributed by atoms with Gasteiger partial charge in [0.15, 0.2) is 15.6 Å². The van der Waals surface area contributed by atoms with Gasteiger partial charge in [0.2, 0.25) is 0 Å². The average Bonchev–Trinajstić information content (AvgIpc) is 3.08. The Morgan fingerprint density at radius 2 is 1.91 bits per heavy atom. The third-order valence-corrected chi connectivity index (χ3v) is 6.97. The Hall–Kier alpha value is -2.98. The maximum atomic E-state index is 14.7. The van der Waals surface area contributed by atoms with Gasteiger partial charge in [-0.25, -0.2) is 17.2 Å². The number of sulfone groups is 1. The van der Waals surface area contributed by atoms with E-state index in [1.807, 2.05) is 18.2 Å². The van der Waals surface area contributed by atoms with Crippen molar-refractivity contribution < 1.29 is 22.0 Å². The van der Waals surface area contributed by atoms with E-state index in [0.717, 1.165) is 16.1 Å². The summed E-state index contributed by atoms with van der Waals surface area (Å²) in [4.78, 5) is 12.0. The number of nitrogens with zero attached hydrogens (tertiary/aromatic N) is 3. The highest BCUT2D eigenvalue weighted by atomic mass is 79.9. The van der Waals surface area contributed by atoms with Crippen LogP contribution in [0.2, 0.25) is 0 Å². The Balaban J connectivity index is 1.73. The summed E-state index contributed by atoms with van der Waals surface area (Å²) >= 11 is 3.37. The molecule has 0 N–H and O–H groups in total. The molecule has 2 heterocycles. The first kappa shape index (κ1) is 22.2. The minimum absolute atomic E-state index is 0.0856. The maximum absolute atomic E-state index is 14.7. The van der Waals surface area contributed by atoms with Crippen molar-refractivity contribution in [1.29, 1.82) is 0 Å². The van der Waals surface area contributed by atoms with Gasteiger partial charge in [-0.2, -0.15) is 10.2 Å². The highest BCUT2D eigenvalue weighted by Crippen LogP contribution is 2.31. The number of fused-ring (bicyclic) bond motifs is 1. The normalized spacial score (nSPS) is 11.7. The van der Waals surface area contributed by atoms with Gasteiger partial charge in [0.05, 0.1) is 27.9 Å². The fourth-order valence-corrected chi connectivity index (χ4v) is 5.40. The molecule has 0 fully saturated rings. The standard InChI is InChI=1S/C22H16BrF2N3O3S/c23-15-4-1-3-14(7-15)11-28-12-21(22-19(25)8-16(24)9-20(22)28)32(30,31)13-18(29)10-17-5-2-6-26-27-17/h1-9,12H,10-11,13H2. The zero-order valence-electron chi connectivity index (χ0n) is 16.5. The first-order valence-electron chi connectivity index (χ1n) is 9.46. The summed E-state index contributed by atoms with van der Waals surface area (Å²) in [5.74, 6) is -3.28. The molecule has 0 unspecified atom stereocenters. The molecule has 6 nitrogen and oxygen atoms in total. The summed E-state index contributed by atoms with van der Waals surface area (Å²) in [6, 6.07) is 12.1. The van der Waals surface area contributed by atoms with E-state index in [9.17, 15) is 22.0 Å². The highest BCUT2D eigenvalue weighted by Gasteiger charge is 2.27. The molecule has 0 spiro atoms. The van der Waals surface area contributed by atoms with Gasteiger partial charge in [-0.05, 0) is 35.9 Å². The Bertz CT molecular complexity index is 1420. The van der Waals surface area contributed by atoms with Crippen LogP contribution in [0.4, 0.5) is 8.78 Å². The van der Waals surface area contributed by atoms with E-state index in [4.69, 9.17) is 0 Å². The lowest BCUT2D eigenvalue weighted by Crippen LogP contribution is -2.18. The Kier molecular flexibility index (Phi) is 6.16. The SMILES string of the molecule is O=C(Cc1cccnn1)CS(=O)(=O)c1cn(Cc2cccc(Br)c2)c2cc(F)cc(F)c12. The average molecular weight is 520 g/mol. The van der Waals surface area contributed by atoms with Gasteiger partial charge in [-0.15, -0.1) is 0 Å². The fraction of sp³-hybridized carbons (Fsp3) is 0.136. The molecule has 0 saturated heterocycles. The number of carbonyl (C=O) groups is 1. The van der Waals surface area contributed by atoms with Crippen molar-refractivity contribution >= 4 is 42.5 Å². The van der Waals surface area contributed by atoms with Crippen LogP contribution >= 0.6 is 15.9 Å². The van der Waals surface area contributed by atoms with Crippen molar-refractivity contribution in [2.45, 2.75) is 17.9 Å². The first-order chi connectivity index (χ1) is 15.2. The molecular formula is C22H16BrF2N3O3S. The Labute approximate surface area is 190 Å². The number of aromatic nitrogens is 3. The maximum Gasteiger partial charge on any atom is 0.187 e. The van der Waals surface area contributed by atoms with Crippen molar-refractivity contribution in [3.63, 3.8) is 0 Å². The van der Waals surface area contributed by atoms with E-state index < -0.39 is 33.0 Å². The number of ketones is 1. The van der Waals surface area contributed by atoms with Gasteiger partial charge in [-0.3, -0.25) is 4.79 Å². The number of hydrogen-bond donors (Lipinski definition) is 0. The topological polar surface area (TPSA) is 81.9 Å². The second-order valence-corrected chi connectivity index (χ2v) is 10.1. The molecule has 0 aliphatic carbocycles. The van der Waals surface area contributed by atoms with Crippen LogP contribution in [0.1, 0.15) is 11.3 Å². The second-order valence-electron chi connectivity index (χ2n) is 7.22. The molecule has 0 bridgehead atoms. The zero-order chi connectivity index (χ0) is 22.9. The molecule has 32 heavy (non-hydrogen) atoms. The monoisotopic (exact) mass is 519 g/mol. The van der Waals surface area contributed by atoms with Crippen molar-refractivity contribution in [3.05, 3.63) is 88.3 Å². The van der Waals surface area contributed by atoms with Crippen LogP contribution in [0, 0.1) is 11.6 Å². The van der Waals surface area contributed by atoms with E-state index in [-0.39, 0.29) is 28.8 Å². The van der Waals surface area contributed by atoms with E-state index in [0.29, 0.717) is 11.8 Å². The van der Waals surface area contributed by atoms with Gasteiger partial charge < -0.3 is 4.57 Å². The molecule has 164 valence electrons. The van der Waals surface area contributed by atoms with Crippen LogP contribution in [0.5, 0.6) is 0 Å². The lowest BCUT2D eigenvalue weighted by atomic mass is 10.2. The molecule has 0 aliphatic heterocycles.